The Kier molecular flexibility index (Phi) is 4.87. The van der Waals surface area contributed by atoms with Crippen LogP contribution in [0.5, 0.6) is 11.5 Å². The van der Waals surface area contributed by atoms with Gasteiger partial charge in [0.25, 0.3) is 0 Å². The molecular formula is C20H24O3. The molecule has 1 aliphatic carbocycles. The highest BCUT2D eigenvalue weighted by Gasteiger charge is 2.22. The van der Waals surface area contributed by atoms with E-state index in [2.05, 4.69) is 12.1 Å². The third-order valence-corrected chi connectivity index (χ3v) is 4.81. The molecule has 0 aliphatic heterocycles. The fraction of sp³-hybridized carbons (Fsp3) is 0.400. The molecule has 23 heavy (non-hydrogen) atoms. The average molecular weight is 312 g/mol. The van der Waals surface area contributed by atoms with Crippen LogP contribution in [-0.4, -0.2) is 23.9 Å². The summed E-state index contributed by atoms with van der Waals surface area (Å²) in [6.07, 6.45) is 4.75. The first-order chi connectivity index (χ1) is 11.2. The van der Waals surface area contributed by atoms with Gasteiger partial charge in [0.2, 0.25) is 0 Å². The van der Waals surface area contributed by atoms with E-state index in [0.29, 0.717) is 11.7 Å². The molecular weight excluding hydrogens is 288 g/mol. The van der Waals surface area contributed by atoms with E-state index in [0.717, 1.165) is 37.9 Å². The largest absolute Gasteiger partial charge is 0.508 e. The number of ether oxygens (including phenoxy) is 1. The number of hydrogen-bond donors (Lipinski definition) is 2. The molecule has 3 rings (SSSR count). The molecule has 0 bridgehead atoms. The zero-order valence-corrected chi connectivity index (χ0v) is 13.6. The zero-order chi connectivity index (χ0) is 16.2. The summed E-state index contributed by atoms with van der Waals surface area (Å²) >= 11 is 0. The van der Waals surface area contributed by atoms with Crippen LogP contribution in [0.1, 0.15) is 41.0 Å². The highest BCUT2D eigenvalue weighted by atomic mass is 16.5. The highest BCUT2D eigenvalue weighted by molar-refractivity contribution is 5.42. The SMILES string of the molecule is COc1ccc(C2CCc3cc(O)ccc3C2)c(CCCO)c1. The van der Waals surface area contributed by atoms with Crippen LogP contribution < -0.4 is 4.74 Å². The Hall–Kier alpha value is -2.00. The second-order valence-electron chi connectivity index (χ2n) is 6.28. The number of aryl methyl sites for hydroxylation is 2. The monoisotopic (exact) mass is 312 g/mol. The fourth-order valence-electron chi connectivity index (χ4n) is 3.60. The maximum Gasteiger partial charge on any atom is 0.119 e. The van der Waals surface area contributed by atoms with Crippen molar-refractivity contribution in [2.45, 2.75) is 38.0 Å². The summed E-state index contributed by atoms with van der Waals surface area (Å²) in [6.45, 7) is 0.212. The van der Waals surface area contributed by atoms with Crippen molar-refractivity contribution in [2.75, 3.05) is 13.7 Å². The molecule has 2 N–H and O–H groups in total. The van der Waals surface area contributed by atoms with Crippen LogP contribution >= 0.6 is 0 Å². The van der Waals surface area contributed by atoms with E-state index in [1.807, 2.05) is 18.2 Å². The van der Waals surface area contributed by atoms with Gasteiger partial charge in [0.1, 0.15) is 11.5 Å². The van der Waals surface area contributed by atoms with Crippen molar-refractivity contribution < 1.29 is 14.9 Å². The normalized spacial score (nSPS) is 16.9. The van der Waals surface area contributed by atoms with E-state index >= 15 is 0 Å². The minimum Gasteiger partial charge on any atom is -0.508 e. The van der Waals surface area contributed by atoms with Gasteiger partial charge in [0.05, 0.1) is 7.11 Å². The zero-order valence-electron chi connectivity index (χ0n) is 13.6. The van der Waals surface area contributed by atoms with Crippen LogP contribution in [0, 0.1) is 0 Å². The maximum atomic E-state index is 9.63. The number of rotatable bonds is 5. The lowest BCUT2D eigenvalue weighted by Crippen LogP contribution is -2.14. The Morgan fingerprint density at radius 1 is 1.13 bits per heavy atom. The second kappa shape index (κ2) is 7.05. The Morgan fingerprint density at radius 3 is 2.78 bits per heavy atom. The van der Waals surface area contributed by atoms with Gasteiger partial charge in [-0.05, 0) is 84.5 Å². The van der Waals surface area contributed by atoms with E-state index < -0.39 is 0 Å². The molecule has 1 atom stereocenters. The predicted octanol–water partition coefficient (Wildman–Crippen LogP) is 3.60. The molecule has 0 spiro atoms. The number of hydrogen-bond acceptors (Lipinski definition) is 3. The van der Waals surface area contributed by atoms with Crippen LogP contribution in [0.25, 0.3) is 0 Å². The Balaban J connectivity index is 1.88. The van der Waals surface area contributed by atoms with E-state index in [1.165, 1.54) is 22.3 Å². The van der Waals surface area contributed by atoms with E-state index in [1.54, 1.807) is 13.2 Å². The topological polar surface area (TPSA) is 49.7 Å². The number of aliphatic hydroxyl groups is 1. The standard InChI is InChI=1S/C20H24O3/c1-23-19-8-9-20(16(13-19)3-2-10-21)17-5-4-15-12-18(22)7-6-14(15)11-17/h6-9,12-13,17,21-22H,2-5,10-11H2,1H3. The summed E-state index contributed by atoms with van der Waals surface area (Å²) in [5.74, 6) is 1.73. The van der Waals surface area contributed by atoms with Crippen LogP contribution in [0.2, 0.25) is 0 Å². The van der Waals surface area contributed by atoms with Crippen molar-refractivity contribution in [3.05, 3.63) is 58.7 Å². The lowest BCUT2D eigenvalue weighted by molar-refractivity contribution is 0.288. The molecule has 1 aliphatic rings. The van der Waals surface area contributed by atoms with Gasteiger partial charge in [-0.2, -0.15) is 0 Å². The molecule has 1 unspecified atom stereocenters. The Morgan fingerprint density at radius 2 is 2.00 bits per heavy atom. The summed E-state index contributed by atoms with van der Waals surface area (Å²) in [4.78, 5) is 0. The summed E-state index contributed by atoms with van der Waals surface area (Å²) in [5, 5.41) is 18.8. The highest BCUT2D eigenvalue weighted by Crippen LogP contribution is 2.36. The molecule has 0 aromatic heterocycles. The average Bonchev–Trinajstić information content (AvgIpc) is 2.59. The van der Waals surface area contributed by atoms with Crippen molar-refractivity contribution in [1.29, 1.82) is 0 Å². The molecule has 0 amide bonds. The lowest BCUT2D eigenvalue weighted by Gasteiger charge is -2.27. The van der Waals surface area contributed by atoms with Gasteiger partial charge < -0.3 is 14.9 Å². The molecule has 2 aromatic rings. The molecule has 3 nitrogen and oxygen atoms in total. The van der Waals surface area contributed by atoms with E-state index in [9.17, 15) is 5.11 Å². The Bertz CT molecular complexity index is 679. The summed E-state index contributed by atoms with van der Waals surface area (Å²) in [5.41, 5.74) is 5.26. The van der Waals surface area contributed by atoms with Crippen LogP contribution in [0.15, 0.2) is 36.4 Å². The van der Waals surface area contributed by atoms with Gasteiger partial charge in [-0.3, -0.25) is 0 Å². The molecule has 0 radical (unpaired) electrons. The number of aromatic hydroxyl groups is 1. The summed E-state index contributed by atoms with van der Waals surface area (Å²) in [7, 11) is 1.69. The van der Waals surface area contributed by atoms with Crippen molar-refractivity contribution in [3.8, 4) is 11.5 Å². The van der Waals surface area contributed by atoms with Crippen LogP contribution in [0.3, 0.4) is 0 Å². The number of phenolic OH excluding ortho intramolecular Hbond substituents is 1. The Labute approximate surface area is 137 Å². The van der Waals surface area contributed by atoms with Crippen molar-refractivity contribution >= 4 is 0 Å². The van der Waals surface area contributed by atoms with Gasteiger partial charge in [0, 0.05) is 6.61 Å². The first-order valence-corrected chi connectivity index (χ1v) is 8.29. The number of fused-ring (bicyclic) bond motifs is 1. The quantitative estimate of drug-likeness (QED) is 0.887. The molecule has 2 aromatic carbocycles. The lowest BCUT2D eigenvalue weighted by atomic mass is 9.78. The molecule has 0 heterocycles. The predicted molar refractivity (Wildman–Crippen MR) is 91.3 cm³/mol. The van der Waals surface area contributed by atoms with Crippen molar-refractivity contribution in [3.63, 3.8) is 0 Å². The minimum absolute atomic E-state index is 0.212. The van der Waals surface area contributed by atoms with Gasteiger partial charge in [0.15, 0.2) is 0 Å². The first kappa shape index (κ1) is 15.9. The van der Waals surface area contributed by atoms with Crippen molar-refractivity contribution in [1.82, 2.24) is 0 Å². The number of phenols is 1. The molecule has 0 fully saturated rings. The number of methoxy groups -OCH3 is 1. The van der Waals surface area contributed by atoms with Gasteiger partial charge in [-0.25, -0.2) is 0 Å². The van der Waals surface area contributed by atoms with E-state index in [-0.39, 0.29) is 6.61 Å². The first-order valence-electron chi connectivity index (χ1n) is 8.29. The number of aliphatic hydroxyl groups excluding tert-OH is 1. The van der Waals surface area contributed by atoms with E-state index in [4.69, 9.17) is 9.84 Å². The summed E-state index contributed by atoms with van der Waals surface area (Å²) in [6, 6.07) is 12.0. The van der Waals surface area contributed by atoms with Gasteiger partial charge in [-0.15, -0.1) is 0 Å². The second-order valence-corrected chi connectivity index (χ2v) is 6.28. The smallest absolute Gasteiger partial charge is 0.119 e. The molecule has 0 saturated heterocycles. The minimum atomic E-state index is 0.212. The molecule has 0 saturated carbocycles. The fourth-order valence-corrected chi connectivity index (χ4v) is 3.60. The van der Waals surface area contributed by atoms with Crippen LogP contribution in [-0.2, 0) is 19.3 Å². The summed E-state index contributed by atoms with van der Waals surface area (Å²) < 4.78 is 5.36. The van der Waals surface area contributed by atoms with Gasteiger partial charge in [-0.1, -0.05) is 12.1 Å². The van der Waals surface area contributed by atoms with Crippen LogP contribution in [0.4, 0.5) is 0 Å². The molecule has 3 heteroatoms. The van der Waals surface area contributed by atoms with Gasteiger partial charge >= 0.3 is 0 Å². The van der Waals surface area contributed by atoms with Crippen molar-refractivity contribution in [2.24, 2.45) is 0 Å². The number of benzene rings is 2. The molecule has 122 valence electrons. The third-order valence-electron chi connectivity index (χ3n) is 4.81. The third kappa shape index (κ3) is 3.50. The maximum absolute atomic E-state index is 9.63.